The van der Waals surface area contributed by atoms with Gasteiger partial charge in [0.05, 0.1) is 34.3 Å². The number of hydrogen-bond acceptors (Lipinski definition) is 5. The van der Waals surface area contributed by atoms with Gasteiger partial charge in [0.2, 0.25) is 5.91 Å². The van der Waals surface area contributed by atoms with Gasteiger partial charge in [-0.15, -0.1) is 0 Å². The zero-order valence-corrected chi connectivity index (χ0v) is 18.4. The van der Waals surface area contributed by atoms with Crippen molar-refractivity contribution in [1.29, 1.82) is 5.26 Å². The van der Waals surface area contributed by atoms with Crippen molar-refractivity contribution in [2.24, 2.45) is 0 Å². The Morgan fingerprint density at radius 3 is 2.53 bits per heavy atom. The molecular formula is C23H24N4O2S. The van der Waals surface area contributed by atoms with E-state index in [0.717, 1.165) is 16.8 Å². The highest BCUT2D eigenvalue weighted by molar-refractivity contribution is 8.00. The molecule has 0 fully saturated rings. The number of hydrogen-bond donors (Lipinski definition) is 0. The van der Waals surface area contributed by atoms with E-state index >= 15 is 0 Å². The number of fused-ring (bicyclic) bond motifs is 1. The molecule has 154 valence electrons. The number of para-hydroxylation sites is 2. The van der Waals surface area contributed by atoms with Crippen molar-refractivity contribution in [1.82, 2.24) is 14.5 Å². The number of aryl methyl sites for hydroxylation is 2. The SMILES string of the molecule is Cc1cccc(C)c1-n1c(S[C@H](C)C(=O)N(C)CCC#N)nc2ccccc2c1=O. The third kappa shape index (κ3) is 4.24. The Morgan fingerprint density at radius 2 is 1.87 bits per heavy atom. The number of rotatable bonds is 6. The largest absolute Gasteiger partial charge is 0.344 e. The molecule has 0 bridgehead atoms. The molecule has 30 heavy (non-hydrogen) atoms. The van der Waals surface area contributed by atoms with Crippen LogP contribution in [-0.2, 0) is 4.79 Å². The number of benzene rings is 2. The van der Waals surface area contributed by atoms with Crippen molar-refractivity contribution < 1.29 is 4.79 Å². The zero-order valence-electron chi connectivity index (χ0n) is 17.5. The van der Waals surface area contributed by atoms with Crippen LogP contribution in [0.3, 0.4) is 0 Å². The third-order valence-electron chi connectivity index (χ3n) is 4.97. The van der Waals surface area contributed by atoms with Crippen LogP contribution in [0.15, 0.2) is 52.4 Å². The van der Waals surface area contributed by atoms with E-state index in [2.05, 4.69) is 6.07 Å². The van der Waals surface area contributed by atoms with Crippen molar-refractivity contribution in [3.05, 3.63) is 63.9 Å². The number of carbonyl (C=O) groups is 1. The third-order valence-corrected chi connectivity index (χ3v) is 6.01. The number of amides is 1. The van der Waals surface area contributed by atoms with Gasteiger partial charge in [0, 0.05) is 13.6 Å². The summed E-state index contributed by atoms with van der Waals surface area (Å²) in [4.78, 5) is 32.5. The van der Waals surface area contributed by atoms with E-state index in [1.165, 1.54) is 11.8 Å². The Kier molecular flexibility index (Phi) is 6.58. The van der Waals surface area contributed by atoms with Gasteiger partial charge in [-0.05, 0) is 44.0 Å². The summed E-state index contributed by atoms with van der Waals surface area (Å²) in [5, 5.41) is 9.33. The molecule has 0 unspecified atom stereocenters. The monoisotopic (exact) mass is 420 g/mol. The lowest BCUT2D eigenvalue weighted by Crippen LogP contribution is -2.34. The first-order chi connectivity index (χ1) is 14.3. The van der Waals surface area contributed by atoms with Gasteiger partial charge in [-0.2, -0.15) is 5.26 Å². The smallest absolute Gasteiger partial charge is 0.266 e. The molecule has 0 spiro atoms. The molecule has 3 rings (SSSR count). The molecule has 0 saturated carbocycles. The highest BCUT2D eigenvalue weighted by atomic mass is 32.2. The first kappa shape index (κ1) is 21.6. The maximum atomic E-state index is 13.5. The standard InChI is InChI=1S/C23H24N4O2S/c1-15-9-7-10-16(2)20(15)27-22(29)18-11-5-6-12-19(18)25-23(27)30-17(3)21(28)26(4)14-8-13-24/h5-7,9-12,17H,8,14H2,1-4H3/t17-/m1/s1. The summed E-state index contributed by atoms with van der Waals surface area (Å²) in [7, 11) is 1.68. The average molecular weight is 421 g/mol. The molecule has 1 atom stereocenters. The summed E-state index contributed by atoms with van der Waals surface area (Å²) in [5.74, 6) is -0.106. The van der Waals surface area contributed by atoms with E-state index in [4.69, 9.17) is 10.2 Å². The maximum Gasteiger partial charge on any atom is 0.266 e. The molecule has 2 aromatic carbocycles. The van der Waals surface area contributed by atoms with Gasteiger partial charge in [-0.1, -0.05) is 42.1 Å². The van der Waals surface area contributed by atoms with E-state index in [1.54, 1.807) is 35.6 Å². The van der Waals surface area contributed by atoms with Crippen LogP contribution in [0.25, 0.3) is 16.6 Å². The van der Waals surface area contributed by atoms with Crippen LogP contribution in [0.1, 0.15) is 24.5 Å². The van der Waals surface area contributed by atoms with Crippen molar-refractivity contribution >= 4 is 28.6 Å². The molecule has 6 nitrogen and oxygen atoms in total. The topological polar surface area (TPSA) is 79.0 Å². The van der Waals surface area contributed by atoms with E-state index in [9.17, 15) is 9.59 Å². The second-order valence-electron chi connectivity index (χ2n) is 7.22. The molecule has 0 radical (unpaired) electrons. The van der Waals surface area contributed by atoms with E-state index in [0.29, 0.717) is 22.6 Å². The lowest BCUT2D eigenvalue weighted by Gasteiger charge is -2.22. The lowest BCUT2D eigenvalue weighted by atomic mass is 10.1. The second-order valence-corrected chi connectivity index (χ2v) is 8.53. The fourth-order valence-corrected chi connectivity index (χ4v) is 4.42. The van der Waals surface area contributed by atoms with Crippen molar-refractivity contribution in [2.45, 2.75) is 37.6 Å². The molecule has 0 N–H and O–H groups in total. The quantitative estimate of drug-likeness (QED) is 0.447. The van der Waals surface area contributed by atoms with Gasteiger partial charge < -0.3 is 4.90 Å². The second kappa shape index (κ2) is 9.14. The fourth-order valence-electron chi connectivity index (χ4n) is 3.39. The van der Waals surface area contributed by atoms with Crippen LogP contribution in [-0.4, -0.2) is 39.2 Å². The summed E-state index contributed by atoms with van der Waals surface area (Å²) >= 11 is 1.26. The minimum absolute atomic E-state index is 0.106. The highest BCUT2D eigenvalue weighted by Crippen LogP contribution is 2.28. The predicted octanol–water partition coefficient (Wildman–Crippen LogP) is 3.86. The van der Waals surface area contributed by atoms with E-state index < -0.39 is 5.25 Å². The molecule has 1 heterocycles. The highest BCUT2D eigenvalue weighted by Gasteiger charge is 2.23. The minimum atomic E-state index is -0.461. The van der Waals surface area contributed by atoms with Crippen molar-refractivity contribution in [2.75, 3.05) is 13.6 Å². The first-order valence-electron chi connectivity index (χ1n) is 9.72. The predicted molar refractivity (Wildman–Crippen MR) is 120 cm³/mol. The summed E-state index contributed by atoms with van der Waals surface area (Å²) < 4.78 is 1.62. The number of aromatic nitrogens is 2. The van der Waals surface area contributed by atoms with Crippen molar-refractivity contribution in [3.8, 4) is 11.8 Å². The number of carbonyl (C=O) groups excluding carboxylic acids is 1. The maximum absolute atomic E-state index is 13.5. The Morgan fingerprint density at radius 1 is 1.20 bits per heavy atom. The van der Waals surface area contributed by atoms with E-state index in [1.807, 2.05) is 44.2 Å². The van der Waals surface area contributed by atoms with Gasteiger partial charge in [-0.3, -0.25) is 14.2 Å². The van der Waals surface area contributed by atoms with Gasteiger partial charge >= 0.3 is 0 Å². The molecule has 0 aliphatic carbocycles. The summed E-state index contributed by atoms with van der Waals surface area (Å²) in [6.07, 6.45) is 0.279. The van der Waals surface area contributed by atoms with Crippen LogP contribution in [0.4, 0.5) is 0 Å². The molecule has 0 aliphatic rings. The Labute approximate surface area is 180 Å². The summed E-state index contributed by atoms with van der Waals surface area (Å²) in [5.41, 5.74) is 3.16. The Balaban J connectivity index is 2.13. The molecule has 7 heteroatoms. The van der Waals surface area contributed by atoms with Crippen LogP contribution < -0.4 is 5.56 Å². The number of nitrogens with zero attached hydrogens (tertiary/aromatic N) is 4. The van der Waals surface area contributed by atoms with Crippen LogP contribution >= 0.6 is 11.8 Å². The van der Waals surface area contributed by atoms with Crippen LogP contribution in [0.2, 0.25) is 0 Å². The fraction of sp³-hybridized carbons (Fsp3) is 0.304. The summed E-state index contributed by atoms with van der Waals surface area (Å²) in [6, 6.07) is 15.2. The molecule has 0 aliphatic heterocycles. The summed E-state index contributed by atoms with van der Waals surface area (Å²) in [6.45, 7) is 6.09. The molecular weight excluding hydrogens is 396 g/mol. The number of thioether (sulfide) groups is 1. The number of nitriles is 1. The first-order valence-corrected chi connectivity index (χ1v) is 10.6. The zero-order chi connectivity index (χ0) is 21.8. The molecule has 1 amide bonds. The van der Waals surface area contributed by atoms with Crippen molar-refractivity contribution in [3.63, 3.8) is 0 Å². The van der Waals surface area contributed by atoms with E-state index in [-0.39, 0.29) is 17.9 Å². The molecule has 3 aromatic rings. The Hall–Kier alpha value is -3.11. The average Bonchev–Trinajstić information content (AvgIpc) is 2.73. The molecule has 1 aromatic heterocycles. The van der Waals surface area contributed by atoms with Gasteiger partial charge in [0.1, 0.15) is 0 Å². The minimum Gasteiger partial charge on any atom is -0.344 e. The molecule has 0 saturated heterocycles. The van der Waals surface area contributed by atoms with Crippen LogP contribution in [0, 0.1) is 25.2 Å². The van der Waals surface area contributed by atoms with Gasteiger partial charge in [0.15, 0.2) is 5.16 Å². The van der Waals surface area contributed by atoms with Gasteiger partial charge in [-0.25, -0.2) is 4.98 Å². The lowest BCUT2D eigenvalue weighted by molar-refractivity contribution is -0.128. The normalized spacial score (nSPS) is 11.8. The van der Waals surface area contributed by atoms with Gasteiger partial charge in [0.25, 0.3) is 5.56 Å². The van der Waals surface area contributed by atoms with Crippen LogP contribution in [0.5, 0.6) is 0 Å². The Bertz CT molecular complexity index is 1180.